The largest absolute Gasteiger partial charge is 0.327 e. The monoisotopic (exact) mass is 431 g/mol. The van der Waals surface area contributed by atoms with E-state index < -0.39 is 0 Å². The Morgan fingerprint density at radius 3 is 2.55 bits per heavy atom. The normalized spacial score (nSPS) is 11.6. The summed E-state index contributed by atoms with van der Waals surface area (Å²) in [7, 11) is 3.58. The lowest BCUT2D eigenvalue weighted by molar-refractivity contribution is -0.115. The summed E-state index contributed by atoms with van der Waals surface area (Å²) in [5, 5.41) is 4.52. The van der Waals surface area contributed by atoms with Crippen molar-refractivity contribution in [3.05, 3.63) is 62.8 Å². The van der Waals surface area contributed by atoms with Crippen molar-refractivity contribution in [2.24, 2.45) is 19.1 Å². The summed E-state index contributed by atoms with van der Waals surface area (Å²) >= 11 is 2.53. The number of amides is 2. The number of thiazole rings is 1. The maximum absolute atomic E-state index is 12.8. The number of aryl methyl sites for hydroxylation is 1. The first-order valence-corrected chi connectivity index (χ1v) is 10.8. The van der Waals surface area contributed by atoms with Crippen LogP contribution in [0.2, 0.25) is 0 Å². The minimum absolute atomic E-state index is 0.0525. The second-order valence-corrected chi connectivity index (χ2v) is 8.14. The summed E-state index contributed by atoms with van der Waals surface area (Å²) in [6, 6.07) is 9.21. The quantitative estimate of drug-likeness (QED) is 0.643. The molecule has 10 heteroatoms. The minimum Gasteiger partial charge on any atom is -0.327 e. The predicted molar refractivity (Wildman–Crippen MR) is 116 cm³/mol. The number of benzene rings is 1. The summed E-state index contributed by atoms with van der Waals surface area (Å²) in [5.74, 6) is -0.497. The second kappa shape index (κ2) is 9.10. The van der Waals surface area contributed by atoms with E-state index in [4.69, 9.17) is 0 Å². The van der Waals surface area contributed by atoms with Crippen LogP contribution in [-0.4, -0.2) is 37.3 Å². The van der Waals surface area contributed by atoms with Gasteiger partial charge in [0.05, 0.1) is 22.9 Å². The van der Waals surface area contributed by atoms with Crippen LogP contribution in [0.5, 0.6) is 0 Å². The molecular formula is C19H21N5O3S2. The molecule has 152 valence electrons. The van der Waals surface area contributed by atoms with E-state index >= 15 is 0 Å². The van der Waals surface area contributed by atoms with Crippen LogP contribution in [0.4, 0.5) is 5.69 Å². The smallest absolute Gasteiger partial charge is 0.295 e. The molecule has 0 atom stereocenters. The average Bonchev–Trinajstić information content (AvgIpc) is 3.18. The van der Waals surface area contributed by atoms with Gasteiger partial charge in [-0.1, -0.05) is 18.2 Å². The van der Waals surface area contributed by atoms with E-state index in [1.54, 1.807) is 23.2 Å². The van der Waals surface area contributed by atoms with Gasteiger partial charge < -0.3 is 9.88 Å². The molecule has 1 N–H and O–H groups in total. The summed E-state index contributed by atoms with van der Waals surface area (Å²) in [6.07, 6.45) is 1.82. The van der Waals surface area contributed by atoms with E-state index in [0.717, 1.165) is 11.8 Å². The molecule has 29 heavy (non-hydrogen) atoms. The van der Waals surface area contributed by atoms with Crippen LogP contribution < -0.4 is 15.7 Å². The standard InChI is InChI=1S/C19H21N5O3S2/c1-13-17(18(27)24(23(13)3)14-7-5-4-6-8-14)20-15(25)11-28-12-16(26)21-19-22(2)9-10-29-19/h4-10H,11-12H2,1-3H3,(H,20,25). The highest BCUT2D eigenvalue weighted by Crippen LogP contribution is 2.14. The first-order chi connectivity index (χ1) is 13.9. The van der Waals surface area contributed by atoms with E-state index in [-0.39, 0.29) is 34.6 Å². The molecule has 0 radical (unpaired) electrons. The van der Waals surface area contributed by atoms with Gasteiger partial charge in [0.1, 0.15) is 5.69 Å². The number of hydrogen-bond donors (Lipinski definition) is 1. The van der Waals surface area contributed by atoms with Crippen LogP contribution in [0.25, 0.3) is 5.69 Å². The number of anilines is 1. The van der Waals surface area contributed by atoms with Crippen molar-refractivity contribution < 1.29 is 9.59 Å². The highest BCUT2D eigenvalue weighted by molar-refractivity contribution is 8.00. The fourth-order valence-corrected chi connectivity index (χ4v) is 4.04. The molecule has 1 aromatic carbocycles. The number of thioether (sulfide) groups is 1. The van der Waals surface area contributed by atoms with Crippen molar-refractivity contribution in [1.82, 2.24) is 13.9 Å². The van der Waals surface area contributed by atoms with E-state index in [0.29, 0.717) is 16.2 Å². The lowest BCUT2D eigenvalue weighted by Gasteiger charge is -2.07. The van der Waals surface area contributed by atoms with E-state index in [1.165, 1.54) is 16.0 Å². The Kier molecular flexibility index (Phi) is 6.55. The zero-order valence-corrected chi connectivity index (χ0v) is 17.9. The fraction of sp³-hybridized carbons (Fsp3) is 0.263. The Balaban J connectivity index is 1.64. The maximum Gasteiger partial charge on any atom is 0.295 e. The molecule has 0 fully saturated rings. The number of aromatic nitrogens is 3. The molecule has 0 spiro atoms. The van der Waals surface area contributed by atoms with Crippen LogP contribution in [0.1, 0.15) is 5.69 Å². The number of hydrogen-bond acceptors (Lipinski definition) is 5. The molecule has 3 aromatic rings. The van der Waals surface area contributed by atoms with Gasteiger partial charge in [-0.3, -0.25) is 19.1 Å². The number of nitrogens with zero attached hydrogens (tertiary/aromatic N) is 4. The van der Waals surface area contributed by atoms with Crippen LogP contribution >= 0.6 is 23.1 Å². The Labute approximate surface area is 175 Å². The van der Waals surface area contributed by atoms with Crippen LogP contribution in [0.3, 0.4) is 0 Å². The first kappa shape index (κ1) is 20.9. The van der Waals surface area contributed by atoms with Crippen molar-refractivity contribution >= 4 is 40.6 Å². The molecule has 8 nitrogen and oxygen atoms in total. The minimum atomic E-state index is -0.338. The highest BCUT2D eigenvalue weighted by Gasteiger charge is 2.18. The Hall–Kier alpha value is -2.85. The number of carbonyl (C=O) groups excluding carboxylic acids is 2. The lowest BCUT2D eigenvalue weighted by atomic mass is 10.3. The van der Waals surface area contributed by atoms with Crippen LogP contribution in [0, 0.1) is 6.92 Å². The van der Waals surface area contributed by atoms with Gasteiger partial charge >= 0.3 is 0 Å². The zero-order chi connectivity index (χ0) is 21.0. The van der Waals surface area contributed by atoms with Gasteiger partial charge in [-0.05, 0) is 19.1 Å². The number of rotatable bonds is 6. The zero-order valence-electron chi connectivity index (χ0n) is 16.3. The third kappa shape index (κ3) is 4.77. The maximum atomic E-state index is 12.8. The summed E-state index contributed by atoms with van der Waals surface area (Å²) in [6.45, 7) is 1.77. The third-order valence-electron chi connectivity index (χ3n) is 4.26. The Morgan fingerprint density at radius 1 is 1.17 bits per heavy atom. The van der Waals surface area contributed by atoms with Crippen LogP contribution in [-0.2, 0) is 23.7 Å². The SMILES string of the molecule is Cc1c(NC(=O)CSCC(=O)N=c2sccn2C)c(=O)n(-c2ccccc2)n1C. The van der Waals surface area contributed by atoms with Gasteiger partial charge in [-0.25, -0.2) is 4.68 Å². The lowest BCUT2D eigenvalue weighted by Crippen LogP contribution is -2.24. The van der Waals surface area contributed by atoms with Crippen molar-refractivity contribution in [3.63, 3.8) is 0 Å². The molecule has 2 heterocycles. The predicted octanol–water partition coefficient (Wildman–Crippen LogP) is 1.68. The summed E-state index contributed by atoms with van der Waals surface area (Å²) < 4.78 is 4.96. The van der Waals surface area contributed by atoms with Gasteiger partial charge in [0, 0.05) is 25.7 Å². The Morgan fingerprint density at radius 2 is 1.90 bits per heavy atom. The van der Waals surface area contributed by atoms with E-state index in [2.05, 4.69) is 10.3 Å². The topological polar surface area (TPSA) is 90.4 Å². The van der Waals surface area contributed by atoms with Gasteiger partial charge in [0.2, 0.25) is 5.91 Å². The molecule has 0 aliphatic carbocycles. The molecule has 2 aromatic heterocycles. The molecule has 0 bridgehead atoms. The molecule has 0 saturated heterocycles. The first-order valence-electron chi connectivity index (χ1n) is 8.77. The fourth-order valence-electron chi connectivity index (χ4n) is 2.69. The second-order valence-electron chi connectivity index (χ2n) is 6.28. The van der Waals surface area contributed by atoms with Gasteiger partial charge in [-0.2, -0.15) is 4.99 Å². The number of nitrogens with one attached hydrogen (secondary N) is 1. The number of para-hydroxylation sites is 1. The average molecular weight is 432 g/mol. The highest BCUT2D eigenvalue weighted by atomic mass is 32.2. The third-order valence-corrected chi connectivity index (χ3v) is 6.02. The Bertz CT molecular complexity index is 1150. The van der Waals surface area contributed by atoms with Crippen LogP contribution in [0.15, 0.2) is 51.7 Å². The summed E-state index contributed by atoms with van der Waals surface area (Å²) in [4.78, 5) is 41.6. The molecule has 0 unspecified atom stereocenters. The molecule has 0 aliphatic rings. The van der Waals surface area contributed by atoms with Crippen molar-refractivity contribution in [2.45, 2.75) is 6.92 Å². The van der Waals surface area contributed by atoms with Gasteiger partial charge in [0.25, 0.3) is 11.5 Å². The molecule has 0 aliphatic heterocycles. The number of carbonyl (C=O) groups is 2. The van der Waals surface area contributed by atoms with E-state index in [9.17, 15) is 14.4 Å². The molecule has 3 rings (SSSR count). The van der Waals surface area contributed by atoms with Crippen molar-refractivity contribution in [3.8, 4) is 5.69 Å². The van der Waals surface area contributed by atoms with E-state index in [1.807, 2.05) is 49.0 Å². The molecule has 0 saturated carbocycles. The van der Waals surface area contributed by atoms with Crippen molar-refractivity contribution in [1.29, 1.82) is 0 Å². The summed E-state index contributed by atoms with van der Waals surface area (Å²) in [5.41, 5.74) is 1.30. The van der Waals surface area contributed by atoms with Gasteiger partial charge in [-0.15, -0.1) is 23.1 Å². The molecule has 2 amide bonds. The molecular weight excluding hydrogens is 410 g/mol. The van der Waals surface area contributed by atoms with Gasteiger partial charge in [0.15, 0.2) is 4.80 Å². The van der Waals surface area contributed by atoms with Crippen molar-refractivity contribution in [2.75, 3.05) is 16.8 Å².